The van der Waals surface area contributed by atoms with Crippen molar-refractivity contribution in [3.8, 4) is 5.75 Å². The fourth-order valence-electron chi connectivity index (χ4n) is 1.43. The third-order valence-corrected chi connectivity index (χ3v) is 3.41. The highest BCUT2D eigenvalue weighted by atomic mass is 79.9. The van der Waals surface area contributed by atoms with Crippen LogP contribution in [0.5, 0.6) is 5.75 Å². The van der Waals surface area contributed by atoms with Crippen LogP contribution in [0.4, 0.5) is 0 Å². The summed E-state index contributed by atoms with van der Waals surface area (Å²) in [5.74, 6) is 0.542. The monoisotopic (exact) mass is 393 g/mol. The Hall–Kier alpha value is -0.590. The summed E-state index contributed by atoms with van der Waals surface area (Å²) in [6.45, 7) is 1.92. The van der Waals surface area contributed by atoms with Gasteiger partial charge < -0.3 is 14.8 Å². The summed E-state index contributed by atoms with van der Waals surface area (Å²) >= 11 is 6.64. The van der Waals surface area contributed by atoms with E-state index in [0.717, 1.165) is 16.2 Å². The lowest BCUT2D eigenvalue weighted by Gasteiger charge is -2.08. The Balaban J connectivity index is 2.40. The first-order chi connectivity index (χ1) is 9.19. The Morgan fingerprint density at radius 2 is 2.16 bits per heavy atom. The number of amides is 1. The largest absolute Gasteiger partial charge is 0.497 e. The predicted octanol–water partition coefficient (Wildman–Crippen LogP) is 2.99. The molecule has 0 aliphatic rings. The standard InChI is InChI=1S/C13H17Br2NO3/c1-18-10-3-4-12(15)11(9-10)13(17)16-6-2-7-19-8-5-14/h3-4,9H,2,5-8H2,1H3,(H,16,17). The Morgan fingerprint density at radius 3 is 2.84 bits per heavy atom. The SMILES string of the molecule is COc1ccc(Br)c(C(=O)NCCCOCCBr)c1. The summed E-state index contributed by atoms with van der Waals surface area (Å²) in [6, 6.07) is 5.31. The van der Waals surface area contributed by atoms with E-state index in [1.807, 2.05) is 0 Å². The maximum Gasteiger partial charge on any atom is 0.252 e. The first-order valence-corrected chi connectivity index (χ1v) is 7.86. The van der Waals surface area contributed by atoms with Crippen molar-refractivity contribution in [3.63, 3.8) is 0 Å². The van der Waals surface area contributed by atoms with Crippen LogP contribution in [0, 0.1) is 0 Å². The molecule has 4 nitrogen and oxygen atoms in total. The van der Waals surface area contributed by atoms with Crippen molar-refractivity contribution < 1.29 is 14.3 Å². The number of alkyl halides is 1. The quantitative estimate of drug-likeness (QED) is 0.544. The third kappa shape index (κ3) is 5.93. The zero-order valence-corrected chi connectivity index (χ0v) is 13.9. The molecule has 106 valence electrons. The number of hydrogen-bond acceptors (Lipinski definition) is 3. The van der Waals surface area contributed by atoms with Gasteiger partial charge in [-0.05, 0) is 40.5 Å². The Labute approximate surface area is 130 Å². The van der Waals surface area contributed by atoms with Crippen molar-refractivity contribution in [1.82, 2.24) is 5.32 Å². The molecule has 0 saturated heterocycles. The molecule has 0 saturated carbocycles. The molecule has 1 aromatic carbocycles. The molecule has 1 rings (SSSR count). The number of carbonyl (C=O) groups excluding carboxylic acids is 1. The maximum absolute atomic E-state index is 12.0. The maximum atomic E-state index is 12.0. The van der Waals surface area contributed by atoms with Crippen LogP contribution in [-0.2, 0) is 4.74 Å². The second-order valence-corrected chi connectivity index (χ2v) is 5.40. The van der Waals surface area contributed by atoms with Crippen molar-refractivity contribution >= 4 is 37.8 Å². The second-order valence-electron chi connectivity index (χ2n) is 3.76. The van der Waals surface area contributed by atoms with Crippen molar-refractivity contribution in [3.05, 3.63) is 28.2 Å². The molecule has 0 radical (unpaired) electrons. The lowest BCUT2D eigenvalue weighted by atomic mass is 10.2. The highest BCUT2D eigenvalue weighted by Crippen LogP contribution is 2.22. The summed E-state index contributed by atoms with van der Waals surface area (Å²) in [5.41, 5.74) is 0.570. The molecule has 0 bridgehead atoms. The van der Waals surface area contributed by atoms with Crippen LogP contribution in [0.15, 0.2) is 22.7 Å². The number of ether oxygens (including phenoxy) is 2. The van der Waals surface area contributed by atoms with Crippen molar-refractivity contribution in [2.24, 2.45) is 0 Å². The molecular weight excluding hydrogens is 378 g/mol. The van der Waals surface area contributed by atoms with Crippen LogP contribution < -0.4 is 10.1 Å². The van der Waals surface area contributed by atoms with Crippen molar-refractivity contribution in [2.75, 3.05) is 32.2 Å². The normalized spacial score (nSPS) is 10.3. The van der Waals surface area contributed by atoms with E-state index in [1.165, 1.54) is 0 Å². The highest BCUT2D eigenvalue weighted by Gasteiger charge is 2.10. The minimum Gasteiger partial charge on any atom is -0.497 e. The number of benzene rings is 1. The molecule has 0 spiro atoms. The lowest BCUT2D eigenvalue weighted by Crippen LogP contribution is -2.25. The summed E-state index contributed by atoms with van der Waals surface area (Å²) in [7, 11) is 1.58. The van der Waals surface area contributed by atoms with E-state index in [9.17, 15) is 4.79 Å². The molecule has 0 heterocycles. The van der Waals surface area contributed by atoms with E-state index in [2.05, 4.69) is 37.2 Å². The molecule has 1 amide bonds. The molecule has 0 fully saturated rings. The van der Waals surface area contributed by atoms with Crippen LogP contribution >= 0.6 is 31.9 Å². The van der Waals surface area contributed by atoms with Gasteiger partial charge in [0, 0.05) is 23.0 Å². The first kappa shape index (κ1) is 16.5. The Bertz CT molecular complexity index is 413. The predicted molar refractivity (Wildman–Crippen MR) is 82.3 cm³/mol. The first-order valence-electron chi connectivity index (χ1n) is 5.94. The van der Waals surface area contributed by atoms with Gasteiger partial charge >= 0.3 is 0 Å². The molecule has 0 aromatic heterocycles. The summed E-state index contributed by atoms with van der Waals surface area (Å²) in [4.78, 5) is 12.0. The molecular formula is C13H17Br2NO3. The van der Waals surface area contributed by atoms with Gasteiger partial charge in [0.15, 0.2) is 0 Å². The Morgan fingerprint density at radius 1 is 1.37 bits per heavy atom. The van der Waals surface area contributed by atoms with Gasteiger partial charge in [0.1, 0.15) is 5.75 Å². The van der Waals surface area contributed by atoms with Gasteiger partial charge in [0.2, 0.25) is 0 Å². The molecule has 0 unspecified atom stereocenters. The van der Waals surface area contributed by atoms with Gasteiger partial charge in [0.25, 0.3) is 5.91 Å². The molecule has 1 N–H and O–H groups in total. The number of halogens is 2. The van der Waals surface area contributed by atoms with Crippen LogP contribution in [-0.4, -0.2) is 38.1 Å². The summed E-state index contributed by atoms with van der Waals surface area (Å²) < 4.78 is 11.2. The zero-order chi connectivity index (χ0) is 14.1. The molecule has 1 aromatic rings. The second kappa shape index (κ2) is 9.34. The molecule has 0 atom stereocenters. The summed E-state index contributed by atoms with van der Waals surface area (Å²) in [6.07, 6.45) is 0.792. The third-order valence-electron chi connectivity index (χ3n) is 2.39. The topological polar surface area (TPSA) is 47.6 Å². The summed E-state index contributed by atoms with van der Waals surface area (Å²) in [5, 5.41) is 3.68. The number of carbonyl (C=O) groups is 1. The molecule has 19 heavy (non-hydrogen) atoms. The van der Waals surface area contributed by atoms with Gasteiger partial charge in [-0.1, -0.05) is 15.9 Å². The lowest BCUT2D eigenvalue weighted by molar-refractivity contribution is 0.0943. The molecule has 0 aliphatic carbocycles. The smallest absolute Gasteiger partial charge is 0.252 e. The van der Waals surface area contributed by atoms with Crippen LogP contribution in [0.2, 0.25) is 0 Å². The fraction of sp³-hybridized carbons (Fsp3) is 0.462. The van der Waals surface area contributed by atoms with Crippen LogP contribution in [0.25, 0.3) is 0 Å². The van der Waals surface area contributed by atoms with Gasteiger partial charge in [0.05, 0.1) is 19.3 Å². The minimum atomic E-state index is -0.119. The van der Waals surface area contributed by atoms with Gasteiger partial charge in [-0.2, -0.15) is 0 Å². The van der Waals surface area contributed by atoms with Crippen molar-refractivity contribution in [1.29, 1.82) is 0 Å². The Kier molecular flexibility index (Phi) is 8.09. The molecule has 6 heteroatoms. The number of methoxy groups -OCH3 is 1. The number of rotatable bonds is 8. The van der Waals surface area contributed by atoms with E-state index in [-0.39, 0.29) is 5.91 Å². The van der Waals surface area contributed by atoms with Crippen LogP contribution in [0.1, 0.15) is 16.8 Å². The van der Waals surface area contributed by atoms with Crippen molar-refractivity contribution in [2.45, 2.75) is 6.42 Å². The molecule has 0 aliphatic heterocycles. The van der Waals surface area contributed by atoms with E-state index in [1.54, 1.807) is 25.3 Å². The number of nitrogens with one attached hydrogen (secondary N) is 1. The van der Waals surface area contributed by atoms with Gasteiger partial charge in [-0.25, -0.2) is 0 Å². The fourth-order valence-corrected chi connectivity index (χ4v) is 2.09. The van der Waals surface area contributed by atoms with Gasteiger partial charge in [-0.15, -0.1) is 0 Å². The average molecular weight is 395 g/mol. The number of hydrogen-bond donors (Lipinski definition) is 1. The highest BCUT2D eigenvalue weighted by molar-refractivity contribution is 9.10. The average Bonchev–Trinajstić information content (AvgIpc) is 2.43. The van der Waals surface area contributed by atoms with Crippen LogP contribution in [0.3, 0.4) is 0 Å². The van der Waals surface area contributed by atoms with Gasteiger partial charge in [-0.3, -0.25) is 4.79 Å². The van der Waals surface area contributed by atoms with E-state index in [4.69, 9.17) is 9.47 Å². The van der Waals surface area contributed by atoms with E-state index < -0.39 is 0 Å². The minimum absolute atomic E-state index is 0.119. The van der Waals surface area contributed by atoms with E-state index >= 15 is 0 Å². The van der Waals surface area contributed by atoms with E-state index in [0.29, 0.717) is 31.1 Å². The zero-order valence-electron chi connectivity index (χ0n) is 10.7.